The quantitative estimate of drug-likeness (QED) is 0.332. The van der Waals surface area contributed by atoms with Crippen LogP contribution in [0.15, 0.2) is 65.5 Å². The van der Waals surface area contributed by atoms with Crippen LogP contribution in [0.2, 0.25) is 0 Å². The summed E-state index contributed by atoms with van der Waals surface area (Å²) in [6.45, 7) is 0.333. The van der Waals surface area contributed by atoms with Crippen molar-refractivity contribution in [3.05, 3.63) is 87.7 Å². The number of amides is 1. The van der Waals surface area contributed by atoms with Crippen LogP contribution in [0.1, 0.15) is 21.5 Å². The highest BCUT2D eigenvalue weighted by molar-refractivity contribution is 5.95. The largest absolute Gasteiger partial charge is 0.497 e. The number of nitrogens with zero attached hydrogens (tertiary/aromatic N) is 1. The number of aromatic amines is 1. The molecule has 3 aromatic carbocycles. The lowest BCUT2D eigenvalue weighted by atomic mass is 10.1. The van der Waals surface area contributed by atoms with Crippen LogP contribution >= 0.6 is 0 Å². The minimum Gasteiger partial charge on any atom is -0.497 e. The summed E-state index contributed by atoms with van der Waals surface area (Å²) in [6, 6.07) is 17.7. The average Bonchev–Trinajstić information content (AvgIpc) is 2.96. The Kier molecular flexibility index (Phi) is 8.06. The van der Waals surface area contributed by atoms with E-state index in [1.54, 1.807) is 55.5 Å². The molecule has 1 heterocycles. The van der Waals surface area contributed by atoms with Crippen molar-refractivity contribution in [2.45, 2.75) is 13.1 Å². The molecule has 0 unspecified atom stereocenters. The molecule has 0 aliphatic carbocycles. The highest BCUT2D eigenvalue weighted by Gasteiger charge is 2.21. The molecule has 0 fully saturated rings. The van der Waals surface area contributed by atoms with Crippen molar-refractivity contribution in [3.8, 4) is 28.7 Å². The number of rotatable bonds is 10. The van der Waals surface area contributed by atoms with Gasteiger partial charge in [-0.15, -0.1) is 0 Å². The number of methoxy groups -OCH3 is 5. The molecule has 1 N–H and O–H groups in total. The number of pyridine rings is 1. The van der Waals surface area contributed by atoms with Crippen molar-refractivity contribution >= 4 is 16.8 Å². The Morgan fingerprint density at radius 2 is 1.34 bits per heavy atom. The number of ether oxygens (including phenoxy) is 5. The molecule has 9 nitrogen and oxygen atoms in total. The monoisotopic (exact) mass is 518 g/mol. The smallest absolute Gasteiger partial charge is 0.254 e. The van der Waals surface area contributed by atoms with Crippen molar-refractivity contribution < 1.29 is 28.5 Å². The third kappa shape index (κ3) is 5.51. The maximum Gasteiger partial charge on any atom is 0.254 e. The fourth-order valence-electron chi connectivity index (χ4n) is 4.20. The molecule has 0 bridgehead atoms. The number of aromatic nitrogens is 1. The first-order valence-electron chi connectivity index (χ1n) is 11.8. The molecule has 198 valence electrons. The molecule has 0 aliphatic heterocycles. The Morgan fingerprint density at radius 3 is 1.97 bits per heavy atom. The highest BCUT2D eigenvalue weighted by atomic mass is 16.5. The molecular formula is C29H30N2O7. The Morgan fingerprint density at radius 1 is 0.711 bits per heavy atom. The zero-order valence-corrected chi connectivity index (χ0v) is 22.0. The Hall–Kier alpha value is -4.66. The fraction of sp³-hybridized carbons (Fsp3) is 0.241. The van der Waals surface area contributed by atoms with E-state index in [9.17, 15) is 9.59 Å². The Bertz CT molecular complexity index is 1500. The fourth-order valence-corrected chi connectivity index (χ4v) is 4.20. The van der Waals surface area contributed by atoms with Gasteiger partial charge in [0.2, 0.25) is 0 Å². The zero-order valence-electron chi connectivity index (χ0n) is 22.0. The van der Waals surface area contributed by atoms with Gasteiger partial charge in [0.15, 0.2) is 23.0 Å². The molecule has 0 atom stereocenters. The van der Waals surface area contributed by atoms with Crippen molar-refractivity contribution in [1.29, 1.82) is 0 Å². The van der Waals surface area contributed by atoms with Crippen LogP contribution in [-0.4, -0.2) is 51.3 Å². The summed E-state index contributed by atoms with van der Waals surface area (Å²) in [4.78, 5) is 31.4. The van der Waals surface area contributed by atoms with E-state index in [1.807, 2.05) is 24.3 Å². The van der Waals surface area contributed by atoms with Crippen LogP contribution in [0.25, 0.3) is 10.9 Å². The van der Waals surface area contributed by atoms with Crippen molar-refractivity contribution in [2.75, 3.05) is 35.5 Å². The minimum absolute atomic E-state index is 0.0683. The maximum absolute atomic E-state index is 13.8. The number of fused-ring (bicyclic) bond motifs is 1. The van der Waals surface area contributed by atoms with Crippen LogP contribution in [0.3, 0.4) is 0 Å². The van der Waals surface area contributed by atoms with E-state index in [0.717, 1.165) is 10.9 Å². The van der Waals surface area contributed by atoms with E-state index < -0.39 is 0 Å². The molecule has 0 saturated carbocycles. The van der Waals surface area contributed by atoms with Gasteiger partial charge in [0.25, 0.3) is 11.5 Å². The maximum atomic E-state index is 13.8. The van der Waals surface area contributed by atoms with Crippen LogP contribution < -0.4 is 29.2 Å². The van der Waals surface area contributed by atoms with E-state index >= 15 is 0 Å². The topological polar surface area (TPSA) is 99.3 Å². The third-order valence-corrected chi connectivity index (χ3v) is 6.24. The summed E-state index contributed by atoms with van der Waals surface area (Å²) in [6.07, 6.45) is 0. The summed E-state index contributed by atoms with van der Waals surface area (Å²) < 4.78 is 26.7. The molecule has 0 saturated heterocycles. The summed E-state index contributed by atoms with van der Waals surface area (Å²) in [5.41, 5.74) is 2.00. The number of hydrogen-bond acceptors (Lipinski definition) is 7. The Labute approximate surface area is 220 Å². The van der Waals surface area contributed by atoms with E-state index in [0.29, 0.717) is 45.4 Å². The molecule has 4 aromatic rings. The molecule has 0 radical (unpaired) electrons. The first kappa shape index (κ1) is 26.4. The van der Waals surface area contributed by atoms with Gasteiger partial charge < -0.3 is 33.6 Å². The van der Waals surface area contributed by atoms with E-state index in [1.165, 1.54) is 21.3 Å². The molecular weight excluding hydrogens is 488 g/mol. The van der Waals surface area contributed by atoms with E-state index in [-0.39, 0.29) is 24.6 Å². The molecule has 4 rings (SSSR count). The lowest BCUT2D eigenvalue weighted by Crippen LogP contribution is -2.32. The molecule has 9 heteroatoms. The predicted molar refractivity (Wildman–Crippen MR) is 144 cm³/mol. The highest BCUT2D eigenvalue weighted by Crippen LogP contribution is 2.32. The second kappa shape index (κ2) is 11.6. The average molecular weight is 519 g/mol. The first-order valence-corrected chi connectivity index (χ1v) is 11.8. The lowest BCUT2D eigenvalue weighted by molar-refractivity contribution is 0.0729. The van der Waals surface area contributed by atoms with Crippen LogP contribution in [0.5, 0.6) is 28.7 Å². The van der Waals surface area contributed by atoms with Gasteiger partial charge in [-0.1, -0.05) is 12.1 Å². The van der Waals surface area contributed by atoms with E-state index in [4.69, 9.17) is 23.7 Å². The molecule has 0 aliphatic rings. The minimum atomic E-state index is -0.301. The number of carbonyl (C=O) groups is 1. The van der Waals surface area contributed by atoms with Crippen molar-refractivity contribution in [3.63, 3.8) is 0 Å². The number of nitrogens with one attached hydrogen (secondary N) is 1. The number of H-pyrrole nitrogens is 1. The zero-order chi connectivity index (χ0) is 27.2. The van der Waals surface area contributed by atoms with Gasteiger partial charge in [0.05, 0.1) is 47.6 Å². The SMILES string of the molecule is COc1ccc(CN(Cc2cc3cc(OC)c(OC)cc3[nH]c2=O)C(=O)c2ccc(OC)c(OC)c2)cc1. The molecule has 1 aromatic heterocycles. The first-order chi connectivity index (χ1) is 18.4. The van der Waals surface area contributed by atoms with Crippen LogP contribution in [0.4, 0.5) is 0 Å². The lowest BCUT2D eigenvalue weighted by Gasteiger charge is -2.24. The third-order valence-electron chi connectivity index (χ3n) is 6.24. The number of carbonyl (C=O) groups excluding carboxylic acids is 1. The summed E-state index contributed by atoms with van der Waals surface area (Å²) in [5.74, 6) is 2.44. The molecule has 1 amide bonds. The van der Waals surface area contributed by atoms with Gasteiger partial charge in [-0.2, -0.15) is 0 Å². The van der Waals surface area contributed by atoms with Crippen molar-refractivity contribution in [2.24, 2.45) is 0 Å². The van der Waals surface area contributed by atoms with E-state index in [2.05, 4.69) is 4.98 Å². The standard InChI is InChI=1S/C29H30N2O7/c1-34-22-9-6-18(7-10-22)16-31(29(33)19-8-11-24(35-2)25(13-19)36-3)17-21-12-20-14-26(37-4)27(38-5)15-23(20)30-28(21)32/h6-15H,16-17H2,1-5H3,(H,30,32). The second-order valence-corrected chi connectivity index (χ2v) is 8.50. The number of benzene rings is 3. The Balaban J connectivity index is 1.74. The van der Waals surface area contributed by atoms with Crippen LogP contribution in [-0.2, 0) is 13.1 Å². The summed E-state index contributed by atoms with van der Waals surface area (Å²) in [5, 5.41) is 0.750. The summed E-state index contributed by atoms with van der Waals surface area (Å²) >= 11 is 0. The normalized spacial score (nSPS) is 10.7. The van der Waals surface area contributed by atoms with Gasteiger partial charge in [0.1, 0.15) is 5.75 Å². The molecule has 38 heavy (non-hydrogen) atoms. The van der Waals surface area contributed by atoms with Gasteiger partial charge in [-0.05, 0) is 48.0 Å². The molecule has 0 spiro atoms. The summed E-state index contributed by atoms with van der Waals surface area (Å²) in [7, 11) is 7.73. The number of hydrogen-bond donors (Lipinski definition) is 1. The van der Waals surface area contributed by atoms with Crippen molar-refractivity contribution in [1.82, 2.24) is 9.88 Å². The predicted octanol–water partition coefficient (Wildman–Crippen LogP) is 4.41. The van der Waals surface area contributed by atoms with Gasteiger partial charge >= 0.3 is 0 Å². The van der Waals surface area contributed by atoms with Crippen LogP contribution in [0, 0.1) is 0 Å². The van der Waals surface area contributed by atoms with Gasteiger partial charge in [0, 0.05) is 29.1 Å². The van der Waals surface area contributed by atoms with Gasteiger partial charge in [-0.3, -0.25) is 9.59 Å². The second-order valence-electron chi connectivity index (χ2n) is 8.50. The van der Waals surface area contributed by atoms with Gasteiger partial charge in [-0.25, -0.2) is 0 Å².